The van der Waals surface area contributed by atoms with Gasteiger partial charge >= 0.3 is 5.97 Å². The van der Waals surface area contributed by atoms with Crippen molar-refractivity contribution in [1.82, 2.24) is 4.57 Å². The number of esters is 1. The Morgan fingerprint density at radius 2 is 1.75 bits per heavy atom. The quantitative estimate of drug-likeness (QED) is 0.642. The molecule has 2 aromatic rings. The number of aromatic nitrogens is 1. The molecule has 0 fully saturated rings. The fraction of sp³-hybridized carbons (Fsp3) is 0.312. The number of methoxy groups -OCH3 is 1. The van der Waals surface area contributed by atoms with Crippen molar-refractivity contribution in [2.75, 3.05) is 7.11 Å². The third-order valence-corrected chi connectivity index (χ3v) is 5.44. The van der Waals surface area contributed by atoms with Gasteiger partial charge in [0.2, 0.25) is 0 Å². The van der Waals surface area contributed by atoms with E-state index in [4.69, 9.17) is 4.74 Å². The van der Waals surface area contributed by atoms with Crippen molar-refractivity contribution in [1.29, 1.82) is 0 Å². The van der Waals surface area contributed by atoms with E-state index in [1.54, 1.807) is 0 Å². The van der Waals surface area contributed by atoms with Gasteiger partial charge < -0.3 is 9.30 Å². The minimum atomic E-state index is -1.65. The van der Waals surface area contributed by atoms with Crippen LogP contribution < -0.4 is 5.32 Å². The molecule has 106 valence electrons. The van der Waals surface area contributed by atoms with Crippen LogP contribution in [0.2, 0.25) is 19.6 Å². The van der Waals surface area contributed by atoms with Crippen LogP contribution >= 0.6 is 0 Å². The number of nitrogens with zero attached hydrogens (tertiary/aromatic N) is 1. The van der Waals surface area contributed by atoms with Gasteiger partial charge in [0.1, 0.15) is 0 Å². The zero-order valence-corrected chi connectivity index (χ0v) is 13.7. The lowest BCUT2D eigenvalue weighted by Crippen LogP contribution is -2.45. The molecule has 2 rings (SSSR count). The summed E-state index contributed by atoms with van der Waals surface area (Å²) < 4.78 is 7.09. The molecule has 0 unspecified atom stereocenters. The van der Waals surface area contributed by atoms with Crippen molar-refractivity contribution < 1.29 is 9.53 Å². The summed E-state index contributed by atoms with van der Waals surface area (Å²) in [6, 6.07) is 12.1. The maximum absolute atomic E-state index is 12.1. The van der Waals surface area contributed by atoms with Gasteiger partial charge in [-0.1, -0.05) is 50.0 Å². The molecule has 1 aromatic heterocycles. The number of benzene rings is 1. The predicted octanol–water partition coefficient (Wildman–Crippen LogP) is 3.02. The molecule has 0 N–H and O–H groups in total. The van der Waals surface area contributed by atoms with Crippen LogP contribution in [-0.4, -0.2) is 25.7 Å². The summed E-state index contributed by atoms with van der Waals surface area (Å²) in [6.07, 6.45) is 0. The summed E-state index contributed by atoms with van der Waals surface area (Å²) in [5.41, 5.74) is 2.88. The highest BCUT2D eigenvalue weighted by molar-refractivity contribution is 6.89. The van der Waals surface area contributed by atoms with E-state index in [1.807, 2.05) is 31.3 Å². The molecule has 0 bridgehead atoms. The van der Waals surface area contributed by atoms with Crippen LogP contribution in [0.25, 0.3) is 11.3 Å². The first-order chi connectivity index (χ1) is 9.36. The van der Waals surface area contributed by atoms with Crippen molar-refractivity contribution in [3.63, 3.8) is 0 Å². The molecule has 0 saturated carbocycles. The summed E-state index contributed by atoms with van der Waals surface area (Å²) in [4.78, 5) is 12.1. The van der Waals surface area contributed by atoms with Gasteiger partial charge in [0, 0.05) is 18.1 Å². The molecule has 0 amide bonds. The van der Waals surface area contributed by atoms with Gasteiger partial charge in [0.15, 0.2) is 0 Å². The molecule has 1 heterocycles. The van der Waals surface area contributed by atoms with Crippen LogP contribution in [0.5, 0.6) is 0 Å². The van der Waals surface area contributed by atoms with Gasteiger partial charge in [-0.3, -0.25) is 0 Å². The standard InChI is InChI=1S/C16H21NO2Si/c1-17-14(12-9-7-6-8-10-12)11-13(16(18)19-2)15(17)20(3,4)5/h6-11H,1-5H3. The Balaban J connectivity index is 2.68. The molecule has 3 nitrogen and oxygen atoms in total. The number of hydrogen-bond donors (Lipinski definition) is 0. The third kappa shape index (κ3) is 2.56. The molecule has 0 aliphatic heterocycles. The van der Waals surface area contributed by atoms with E-state index in [-0.39, 0.29) is 5.97 Å². The maximum atomic E-state index is 12.1. The van der Waals surface area contributed by atoms with E-state index in [9.17, 15) is 4.79 Å². The average molecular weight is 287 g/mol. The Morgan fingerprint density at radius 3 is 2.25 bits per heavy atom. The first-order valence-corrected chi connectivity index (χ1v) is 10.2. The van der Waals surface area contributed by atoms with Crippen molar-refractivity contribution in [2.24, 2.45) is 7.05 Å². The average Bonchev–Trinajstić information content (AvgIpc) is 2.76. The molecule has 0 radical (unpaired) electrons. The fourth-order valence-corrected chi connectivity index (χ4v) is 4.77. The first kappa shape index (κ1) is 14.6. The van der Waals surface area contributed by atoms with E-state index in [0.717, 1.165) is 16.6 Å². The van der Waals surface area contributed by atoms with Gasteiger partial charge in [-0.25, -0.2) is 4.79 Å². The lowest BCUT2D eigenvalue weighted by Gasteiger charge is -2.20. The SMILES string of the molecule is COC(=O)c1cc(-c2ccccc2)n(C)c1[Si](C)(C)C. The highest BCUT2D eigenvalue weighted by atomic mass is 28.3. The Hall–Kier alpha value is -1.81. The Labute approximate surface area is 121 Å². The van der Waals surface area contributed by atoms with Gasteiger partial charge in [0.25, 0.3) is 0 Å². The summed E-state index contributed by atoms with van der Waals surface area (Å²) in [5, 5.41) is 1.13. The van der Waals surface area contributed by atoms with Crippen LogP contribution in [0, 0.1) is 0 Å². The largest absolute Gasteiger partial charge is 0.465 e. The van der Waals surface area contributed by atoms with Gasteiger partial charge in [-0.05, 0) is 11.6 Å². The van der Waals surface area contributed by atoms with E-state index >= 15 is 0 Å². The zero-order valence-electron chi connectivity index (χ0n) is 12.7. The van der Waals surface area contributed by atoms with Crippen LogP contribution in [0.15, 0.2) is 36.4 Å². The second-order valence-electron chi connectivity index (χ2n) is 5.96. The normalized spacial score (nSPS) is 11.4. The molecule has 0 atom stereocenters. The van der Waals surface area contributed by atoms with Crippen LogP contribution in [0.1, 0.15) is 10.4 Å². The lowest BCUT2D eigenvalue weighted by atomic mass is 10.1. The lowest BCUT2D eigenvalue weighted by molar-refractivity contribution is 0.0602. The molecule has 0 saturated heterocycles. The summed E-state index contributed by atoms with van der Waals surface area (Å²) in [5.74, 6) is -0.250. The maximum Gasteiger partial charge on any atom is 0.339 e. The topological polar surface area (TPSA) is 31.2 Å². The smallest absolute Gasteiger partial charge is 0.339 e. The van der Waals surface area contributed by atoms with Crippen LogP contribution in [-0.2, 0) is 11.8 Å². The minimum Gasteiger partial charge on any atom is -0.465 e. The number of hydrogen-bond acceptors (Lipinski definition) is 2. The monoisotopic (exact) mass is 287 g/mol. The van der Waals surface area contributed by atoms with E-state index in [2.05, 4.69) is 36.3 Å². The predicted molar refractivity (Wildman–Crippen MR) is 85.2 cm³/mol. The van der Waals surface area contributed by atoms with Crippen molar-refractivity contribution >= 4 is 19.4 Å². The second kappa shape index (κ2) is 5.29. The molecule has 4 heteroatoms. The number of ether oxygens (including phenoxy) is 1. The number of carbonyl (C=O) groups is 1. The molecule has 20 heavy (non-hydrogen) atoms. The van der Waals surface area contributed by atoms with E-state index in [1.165, 1.54) is 7.11 Å². The fourth-order valence-electron chi connectivity index (χ4n) is 2.66. The van der Waals surface area contributed by atoms with E-state index in [0.29, 0.717) is 5.56 Å². The molecular formula is C16H21NO2Si. The molecule has 1 aromatic carbocycles. The first-order valence-electron chi connectivity index (χ1n) is 6.70. The van der Waals surface area contributed by atoms with Gasteiger partial charge in [-0.15, -0.1) is 0 Å². The Morgan fingerprint density at radius 1 is 1.15 bits per heavy atom. The Bertz CT molecular complexity index is 624. The molecule has 0 aliphatic carbocycles. The summed E-state index contributed by atoms with van der Waals surface area (Å²) >= 11 is 0. The molecular weight excluding hydrogens is 266 g/mol. The Kier molecular flexibility index (Phi) is 3.86. The molecule has 0 spiro atoms. The highest BCUT2D eigenvalue weighted by Gasteiger charge is 2.29. The zero-order chi connectivity index (χ0) is 14.9. The van der Waals surface area contributed by atoms with Crippen LogP contribution in [0.4, 0.5) is 0 Å². The second-order valence-corrected chi connectivity index (χ2v) is 10.9. The minimum absolute atomic E-state index is 0.250. The van der Waals surface area contributed by atoms with Gasteiger partial charge in [0.05, 0.1) is 20.7 Å². The number of carbonyl (C=O) groups excluding carboxylic acids is 1. The summed E-state index contributed by atoms with van der Waals surface area (Å²) in [6.45, 7) is 6.72. The molecule has 0 aliphatic rings. The highest BCUT2D eigenvalue weighted by Crippen LogP contribution is 2.23. The van der Waals surface area contributed by atoms with Crippen molar-refractivity contribution in [2.45, 2.75) is 19.6 Å². The van der Waals surface area contributed by atoms with Crippen molar-refractivity contribution in [3.05, 3.63) is 42.0 Å². The van der Waals surface area contributed by atoms with Crippen molar-refractivity contribution in [3.8, 4) is 11.3 Å². The third-order valence-electron chi connectivity index (χ3n) is 3.42. The van der Waals surface area contributed by atoms with Gasteiger partial charge in [-0.2, -0.15) is 0 Å². The summed E-state index contributed by atoms with van der Waals surface area (Å²) in [7, 11) is 1.81. The van der Waals surface area contributed by atoms with E-state index < -0.39 is 8.07 Å². The van der Waals surface area contributed by atoms with Crippen LogP contribution in [0.3, 0.4) is 0 Å². The number of rotatable bonds is 3.